The predicted octanol–water partition coefficient (Wildman–Crippen LogP) is 3.02. The second-order valence-electron chi connectivity index (χ2n) is 4.64. The summed E-state index contributed by atoms with van der Waals surface area (Å²) in [4.78, 5) is 0. The first kappa shape index (κ1) is 13.7. The van der Waals surface area contributed by atoms with Gasteiger partial charge in [-0.3, -0.25) is 0 Å². The summed E-state index contributed by atoms with van der Waals surface area (Å²) in [5.41, 5.74) is 0.260. The number of hydrogen-bond acceptors (Lipinski definition) is 2. The number of methoxy groups -OCH3 is 1. The molecule has 2 nitrogen and oxygen atoms in total. The normalized spacial score (nSPS) is 14.1. The van der Waals surface area contributed by atoms with Gasteiger partial charge in [0.2, 0.25) is 0 Å². The van der Waals surface area contributed by atoms with Gasteiger partial charge < -0.3 is 9.84 Å². The van der Waals surface area contributed by atoms with E-state index in [9.17, 15) is 9.50 Å². The predicted molar refractivity (Wildman–Crippen MR) is 72.5 cm³/mol. The van der Waals surface area contributed by atoms with Crippen molar-refractivity contribution in [2.75, 3.05) is 13.7 Å². The molecule has 0 aromatic heterocycles. The summed E-state index contributed by atoms with van der Waals surface area (Å²) in [6.45, 7) is 1.86. The lowest BCUT2D eigenvalue weighted by Crippen LogP contribution is -2.33. The summed E-state index contributed by atoms with van der Waals surface area (Å²) in [7, 11) is 1.49. The van der Waals surface area contributed by atoms with E-state index in [2.05, 4.69) is 0 Å². The van der Waals surface area contributed by atoms with E-state index in [0.29, 0.717) is 5.56 Å². The maximum Gasteiger partial charge on any atom is 0.141 e. The van der Waals surface area contributed by atoms with Crippen LogP contribution in [0.1, 0.15) is 16.7 Å². The Kier molecular flexibility index (Phi) is 3.98. The number of halogens is 1. The Morgan fingerprint density at radius 3 is 2.47 bits per heavy atom. The molecule has 0 radical (unpaired) electrons. The Morgan fingerprint density at radius 1 is 1.16 bits per heavy atom. The number of ether oxygens (including phenoxy) is 1. The van der Waals surface area contributed by atoms with E-state index in [1.807, 2.05) is 25.1 Å². The summed E-state index contributed by atoms with van der Waals surface area (Å²) in [5.74, 6) is -0.436. The van der Waals surface area contributed by atoms with Crippen LogP contribution < -0.4 is 0 Å². The second kappa shape index (κ2) is 5.51. The van der Waals surface area contributed by atoms with Crippen molar-refractivity contribution in [3.8, 4) is 0 Å². The average molecular weight is 260 g/mol. The smallest absolute Gasteiger partial charge is 0.141 e. The molecule has 2 rings (SSSR count). The van der Waals surface area contributed by atoms with Crippen molar-refractivity contribution in [1.82, 2.24) is 0 Å². The fraction of sp³-hybridized carbons (Fsp3) is 0.250. The number of aliphatic hydroxyl groups is 1. The van der Waals surface area contributed by atoms with Gasteiger partial charge in [0.25, 0.3) is 0 Å². The maximum absolute atomic E-state index is 14.1. The molecule has 0 saturated heterocycles. The van der Waals surface area contributed by atoms with Gasteiger partial charge >= 0.3 is 0 Å². The van der Waals surface area contributed by atoms with Gasteiger partial charge in [0.15, 0.2) is 0 Å². The van der Waals surface area contributed by atoms with E-state index in [1.165, 1.54) is 13.2 Å². The van der Waals surface area contributed by atoms with Crippen molar-refractivity contribution < 1.29 is 14.2 Å². The van der Waals surface area contributed by atoms with Gasteiger partial charge in [0.05, 0.1) is 6.61 Å². The third-order valence-corrected chi connectivity index (χ3v) is 3.17. The van der Waals surface area contributed by atoms with Crippen LogP contribution in [0.15, 0.2) is 48.5 Å². The molecule has 0 bridgehead atoms. The first-order chi connectivity index (χ1) is 9.08. The minimum atomic E-state index is -1.48. The molecule has 0 saturated carbocycles. The number of benzene rings is 2. The summed E-state index contributed by atoms with van der Waals surface area (Å²) in [6.07, 6.45) is 0. The summed E-state index contributed by atoms with van der Waals surface area (Å²) in [6, 6.07) is 13.7. The topological polar surface area (TPSA) is 29.5 Å². The molecule has 100 valence electrons. The van der Waals surface area contributed by atoms with Gasteiger partial charge in [-0.25, -0.2) is 4.39 Å². The third kappa shape index (κ3) is 2.67. The zero-order valence-electron chi connectivity index (χ0n) is 11.1. The zero-order chi connectivity index (χ0) is 13.9. The van der Waals surface area contributed by atoms with E-state index in [0.717, 1.165) is 5.56 Å². The lowest BCUT2D eigenvalue weighted by molar-refractivity contribution is -0.00573. The summed E-state index contributed by atoms with van der Waals surface area (Å²) < 4.78 is 19.2. The number of rotatable bonds is 4. The van der Waals surface area contributed by atoms with Gasteiger partial charge in [-0.2, -0.15) is 0 Å². The van der Waals surface area contributed by atoms with Crippen molar-refractivity contribution in [2.45, 2.75) is 12.5 Å². The van der Waals surface area contributed by atoms with E-state index < -0.39 is 11.4 Å². The van der Waals surface area contributed by atoms with E-state index in [1.54, 1.807) is 24.3 Å². The molecule has 1 unspecified atom stereocenters. The first-order valence-electron chi connectivity index (χ1n) is 6.11. The molecule has 0 aliphatic carbocycles. The molecular weight excluding hydrogens is 243 g/mol. The Bertz CT molecular complexity index is 554. The Balaban J connectivity index is 2.59. The third-order valence-electron chi connectivity index (χ3n) is 3.17. The Morgan fingerprint density at radius 2 is 1.84 bits per heavy atom. The van der Waals surface area contributed by atoms with Gasteiger partial charge in [-0.1, -0.05) is 42.0 Å². The monoisotopic (exact) mass is 260 g/mol. The minimum absolute atomic E-state index is 0.00259. The molecule has 0 heterocycles. The lowest BCUT2D eigenvalue weighted by Gasteiger charge is -2.29. The highest BCUT2D eigenvalue weighted by molar-refractivity contribution is 5.38. The SMILES string of the molecule is COCC(O)(c1ccccc1)c1cc(C)ccc1F. The van der Waals surface area contributed by atoms with Crippen molar-refractivity contribution in [2.24, 2.45) is 0 Å². The molecule has 3 heteroatoms. The lowest BCUT2D eigenvalue weighted by atomic mass is 9.86. The van der Waals surface area contributed by atoms with Crippen LogP contribution in [-0.4, -0.2) is 18.8 Å². The Hall–Kier alpha value is -1.71. The molecule has 0 aliphatic rings. The highest BCUT2D eigenvalue weighted by atomic mass is 19.1. The standard InChI is InChI=1S/C16H17FO2/c1-12-8-9-15(17)14(10-12)16(18,11-19-2)13-6-4-3-5-7-13/h3-10,18H,11H2,1-2H3. The van der Waals surface area contributed by atoms with Gasteiger partial charge in [-0.15, -0.1) is 0 Å². The molecular formula is C16H17FO2. The van der Waals surface area contributed by atoms with Crippen LogP contribution in [0.2, 0.25) is 0 Å². The Labute approximate surface area is 112 Å². The molecule has 2 aromatic rings. The largest absolute Gasteiger partial charge is 0.381 e. The molecule has 2 aromatic carbocycles. The molecule has 0 amide bonds. The van der Waals surface area contributed by atoms with Crippen LogP contribution in [0, 0.1) is 12.7 Å². The fourth-order valence-corrected chi connectivity index (χ4v) is 2.20. The van der Waals surface area contributed by atoms with E-state index in [4.69, 9.17) is 4.74 Å². The molecule has 0 fully saturated rings. The quantitative estimate of drug-likeness (QED) is 0.915. The fourth-order valence-electron chi connectivity index (χ4n) is 2.20. The van der Waals surface area contributed by atoms with Crippen LogP contribution in [0.5, 0.6) is 0 Å². The minimum Gasteiger partial charge on any atom is -0.381 e. The van der Waals surface area contributed by atoms with Crippen molar-refractivity contribution in [1.29, 1.82) is 0 Å². The van der Waals surface area contributed by atoms with Crippen molar-refractivity contribution in [3.05, 3.63) is 71.0 Å². The first-order valence-corrected chi connectivity index (χ1v) is 6.11. The highest BCUT2D eigenvalue weighted by Gasteiger charge is 2.34. The number of hydrogen-bond donors (Lipinski definition) is 1. The van der Waals surface area contributed by atoms with Crippen LogP contribution in [0.3, 0.4) is 0 Å². The van der Waals surface area contributed by atoms with Gasteiger partial charge in [-0.05, 0) is 24.6 Å². The number of aryl methyl sites for hydroxylation is 1. The summed E-state index contributed by atoms with van der Waals surface area (Å²) >= 11 is 0. The van der Waals surface area contributed by atoms with Gasteiger partial charge in [0.1, 0.15) is 11.4 Å². The molecule has 0 spiro atoms. The van der Waals surface area contributed by atoms with E-state index in [-0.39, 0.29) is 12.2 Å². The molecule has 19 heavy (non-hydrogen) atoms. The highest BCUT2D eigenvalue weighted by Crippen LogP contribution is 2.32. The van der Waals surface area contributed by atoms with Crippen LogP contribution >= 0.6 is 0 Å². The average Bonchev–Trinajstić information content (AvgIpc) is 2.42. The van der Waals surface area contributed by atoms with Crippen molar-refractivity contribution >= 4 is 0 Å². The molecule has 0 aliphatic heterocycles. The maximum atomic E-state index is 14.1. The van der Waals surface area contributed by atoms with Crippen LogP contribution in [-0.2, 0) is 10.3 Å². The van der Waals surface area contributed by atoms with Crippen LogP contribution in [0.25, 0.3) is 0 Å². The molecule has 1 N–H and O–H groups in total. The van der Waals surface area contributed by atoms with Gasteiger partial charge in [0, 0.05) is 12.7 Å². The molecule has 1 atom stereocenters. The second-order valence-corrected chi connectivity index (χ2v) is 4.64. The zero-order valence-corrected chi connectivity index (χ0v) is 11.1. The van der Waals surface area contributed by atoms with Crippen LogP contribution in [0.4, 0.5) is 4.39 Å². The summed E-state index contributed by atoms with van der Waals surface area (Å²) in [5, 5.41) is 10.9. The van der Waals surface area contributed by atoms with E-state index >= 15 is 0 Å². The van der Waals surface area contributed by atoms with Crippen molar-refractivity contribution in [3.63, 3.8) is 0 Å².